The minimum absolute atomic E-state index is 0.438. The van der Waals surface area contributed by atoms with Crippen molar-refractivity contribution >= 4 is 16.9 Å². The van der Waals surface area contributed by atoms with Crippen molar-refractivity contribution in [3.8, 4) is 17.2 Å². The Hall–Kier alpha value is -2.87. The molecule has 2 heterocycles. The number of aromatic amines is 1. The number of aromatic nitrogens is 3. The molecule has 0 aliphatic heterocycles. The van der Waals surface area contributed by atoms with Crippen LogP contribution in [0.1, 0.15) is 6.42 Å². The van der Waals surface area contributed by atoms with E-state index in [4.69, 9.17) is 5.26 Å². The number of H-pyrrole nitrogens is 1. The third-order valence-electron chi connectivity index (χ3n) is 3.07. The second-order valence-electron chi connectivity index (χ2n) is 4.38. The van der Waals surface area contributed by atoms with Gasteiger partial charge in [0, 0.05) is 47.2 Å². The van der Waals surface area contributed by atoms with Crippen LogP contribution in [0, 0.1) is 11.3 Å². The molecule has 0 aliphatic carbocycles. The first-order valence-electron chi connectivity index (χ1n) is 6.38. The van der Waals surface area contributed by atoms with Gasteiger partial charge in [-0.25, -0.2) is 9.97 Å². The molecule has 0 atom stereocenters. The fraction of sp³-hybridized carbons (Fsp3) is 0.133. The van der Waals surface area contributed by atoms with Gasteiger partial charge in [0.2, 0.25) is 5.95 Å². The predicted molar refractivity (Wildman–Crippen MR) is 78.0 cm³/mol. The van der Waals surface area contributed by atoms with Crippen LogP contribution in [0.25, 0.3) is 22.0 Å². The Morgan fingerprint density at radius 1 is 1.20 bits per heavy atom. The molecular weight excluding hydrogens is 250 g/mol. The van der Waals surface area contributed by atoms with Gasteiger partial charge in [-0.15, -0.1) is 0 Å². The summed E-state index contributed by atoms with van der Waals surface area (Å²) in [5.41, 5.74) is 3.15. The number of nitrogens with one attached hydrogen (secondary N) is 2. The van der Waals surface area contributed by atoms with Crippen LogP contribution in [-0.2, 0) is 0 Å². The molecule has 0 unspecified atom stereocenters. The highest BCUT2D eigenvalue weighted by atomic mass is 15.1. The van der Waals surface area contributed by atoms with Crippen molar-refractivity contribution in [2.75, 3.05) is 11.9 Å². The van der Waals surface area contributed by atoms with Gasteiger partial charge in [-0.05, 0) is 6.07 Å². The molecule has 1 aromatic carbocycles. The number of rotatable bonds is 4. The second-order valence-corrected chi connectivity index (χ2v) is 4.38. The van der Waals surface area contributed by atoms with Gasteiger partial charge in [0.25, 0.3) is 0 Å². The van der Waals surface area contributed by atoms with Gasteiger partial charge in [-0.2, -0.15) is 5.26 Å². The lowest BCUT2D eigenvalue weighted by molar-refractivity contribution is 1.02. The fourth-order valence-corrected chi connectivity index (χ4v) is 2.10. The molecule has 20 heavy (non-hydrogen) atoms. The van der Waals surface area contributed by atoms with E-state index in [1.807, 2.05) is 24.4 Å². The second kappa shape index (κ2) is 5.41. The SMILES string of the molecule is N#CCCNc1ncc(-c2c[nH]c3ccccc23)cn1. The molecule has 2 aromatic heterocycles. The fourth-order valence-electron chi connectivity index (χ4n) is 2.10. The van der Waals surface area contributed by atoms with Crippen molar-refractivity contribution in [3.05, 3.63) is 42.9 Å². The number of hydrogen-bond acceptors (Lipinski definition) is 4. The lowest BCUT2D eigenvalue weighted by Crippen LogP contribution is -2.04. The molecule has 5 heteroatoms. The van der Waals surface area contributed by atoms with Crippen LogP contribution in [0.4, 0.5) is 5.95 Å². The van der Waals surface area contributed by atoms with Gasteiger partial charge < -0.3 is 10.3 Å². The van der Waals surface area contributed by atoms with Crippen molar-refractivity contribution < 1.29 is 0 Å². The Kier molecular flexibility index (Phi) is 3.29. The summed E-state index contributed by atoms with van der Waals surface area (Å²) in [6, 6.07) is 10.2. The predicted octanol–water partition coefficient (Wildman–Crippen LogP) is 2.95. The van der Waals surface area contributed by atoms with Crippen molar-refractivity contribution in [3.63, 3.8) is 0 Å². The van der Waals surface area contributed by atoms with Crippen LogP contribution in [-0.4, -0.2) is 21.5 Å². The Morgan fingerprint density at radius 2 is 2.00 bits per heavy atom. The lowest BCUT2D eigenvalue weighted by Gasteiger charge is -2.03. The third kappa shape index (κ3) is 2.31. The van der Waals surface area contributed by atoms with Gasteiger partial charge in [0.1, 0.15) is 0 Å². The van der Waals surface area contributed by atoms with E-state index >= 15 is 0 Å². The number of nitrogens with zero attached hydrogens (tertiary/aromatic N) is 3. The number of para-hydroxylation sites is 1. The van der Waals surface area contributed by atoms with Crippen molar-refractivity contribution in [1.29, 1.82) is 5.26 Å². The summed E-state index contributed by atoms with van der Waals surface area (Å²) in [6.07, 6.45) is 5.98. The zero-order chi connectivity index (χ0) is 13.8. The molecule has 0 fully saturated rings. The van der Waals surface area contributed by atoms with E-state index in [0.29, 0.717) is 18.9 Å². The molecule has 5 nitrogen and oxygen atoms in total. The largest absolute Gasteiger partial charge is 0.361 e. The van der Waals surface area contributed by atoms with Crippen LogP contribution in [0.15, 0.2) is 42.9 Å². The third-order valence-corrected chi connectivity index (χ3v) is 3.07. The highest BCUT2D eigenvalue weighted by Crippen LogP contribution is 2.27. The first kappa shape index (κ1) is 12.2. The molecule has 0 bridgehead atoms. The van der Waals surface area contributed by atoms with E-state index in [1.165, 1.54) is 0 Å². The highest BCUT2D eigenvalue weighted by molar-refractivity contribution is 5.95. The van der Waals surface area contributed by atoms with Crippen molar-refractivity contribution in [2.45, 2.75) is 6.42 Å². The summed E-state index contributed by atoms with van der Waals surface area (Å²) in [5.74, 6) is 0.545. The molecule has 98 valence electrons. The number of benzene rings is 1. The molecular formula is C15H13N5. The molecule has 0 amide bonds. The van der Waals surface area contributed by atoms with Gasteiger partial charge >= 0.3 is 0 Å². The van der Waals surface area contributed by atoms with Crippen LogP contribution >= 0.6 is 0 Å². The Labute approximate surface area is 116 Å². The highest BCUT2D eigenvalue weighted by Gasteiger charge is 2.06. The van der Waals surface area contributed by atoms with Gasteiger partial charge in [0.15, 0.2) is 0 Å². The van der Waals surface area contributed by atoms with Gasteiger partial charge in [-0.1, -0.05) is 18.2 Å². The van der Waals surface area contributed by atoms with E-state index in [9.17, 15) is 0 Å². The van der Waals surface area contributed by atoms with Crippen molar-refractivity contribution in [2.24, 2.45) is 0 Å². The number of nitriles is 1. The van der Waals surface area contributed by atoms with Gasteiger partial charge in [-0.3, -0.25) is 0 Å². The van der Waals surface area contributed by atoms with Crippen LogP contribution in [0.3, 0.4) is 0 Å². The first-order chi connectivity index (χ1) is 9.88. The molecule has 3 rings (SSSR count). The summed E-state index contributed by atoms with van der Waals surface area (Å²) >= 11 is 0. The zero-order valence-electron chi connectivity index (χ0n) is 10.8. The van der Waals surface area contributed by atoms with E-state index in [-0.39, 0.29) is 0 Å². The van der Waals surface area contributed by atoms with E-state index in [2.05, 4.69) is 32.4 Å². The molecule has 0 aliphatic rings. The molecule has 0 radical (unpaired) electrons. The quantitative estimate of drug-likeness (QED) is 0.709. The summed E-state index contributed by atoms with van der Waals surface area (Å²) in [6.45, 7) is 0.558. The topological polar surface area (TPSA) is 77.4 Å². The monoisotopic (exact) mass is 263 g/mol. The molecule has 0 saturated carbocycles. The maximum atomic E-state index is 8.48. The average molecular weight is 263 g/mol. The Bertz CT molecular complexity index is 752. The summed E-state index contributed by atoms with van der Waals surface area (Å²) in [5, 5.41) is 12.6. The minimum Gasteiger partial charge on any atom is -0.361 e. The van der Waals surface area contributed by atoms with Crippen LogP contribution < -0.4 is 5.32 Å². The smallest absolute Gasteiger partial charge is 0.222 e. The lowest BCUT2D eigenvalue weighted by atomic mass is 10.1. The number of fused-ring (bicyclic) bond motifs is 1. The molecule has 3 aromatic rings. The summed E-state index contributed by atoms with van der Waals surface area (Å²) < 4.78 is 0. The summed E-state index contributed by atoms with van der Waals surface area (Å²) in [7, 11) is 0. The first-order valence-corrected chi connectivity index (χ1v) is 6.38. The number of anilines is 1. The van der Waals surface area contributed by atoms with E-state index < -0.39 is 0 Å². The number of hydrogen-bond donors (Lipinski definition) is 2. The molecule has 0 spiro atoms. The summed E-state index contributed by atoms with van der Waals surface area (Å²) in [4.78, 5) is 11.8. The van der Waals surface area contributed by atoms with E-state index in [1.54, 1.807) is 12.4 Å². The Morgan fingerprint density at radius 3 is 2.80 bits per heavy atom. The normalized spacial score (nSPS) is 10.3. The maximum absolute atomic E-state index is 8.48. The standard InChI is InChI=1S/C15H13N5/c16-6-3-7-17-15-19-8-11(9-20-15)13-10-18-14-5-2-1-4-12(13)14/h1-2,4-5,8-10,18H,3,7H2,(H,17,19,20). The molecule has 0 saturated heterocycles. The average Bonchev–Trinajstić information content (AvgIpc) is 2.92. The Balaban J connectivity index is 1.86. The van der Waals surface area contributed by atoms with Crippen LogP contribution in [0.5, 0.6) is 0 Å². The van der Waals surface area contributed by atoms with Crippen molar-refractivity contribution in [1.82, 2.24) is 15.0 Å². The van der Waals surface area contributed by atoms with E-state index in [0.717, 1.165) is 22.0 Å². The zero-order valence-corrected chi connectivity index (χ0v) is 10.8. The minimum atomic E-state index is 0.438. The maximum Gasteiger partial charge on any atom is 0.222 e. The molecule has 2 N–H and O–H groups in total. The van der Waals surface area contributed by atoms with Gasteiger partial charge in [0.05, 0.1) is 12.5 Å². The van der Waals surface area contributed by atoms with Crippen LogP contribution in [0.2, 0.25) is 0 Å².